The first-order chi connectivity index (χ1) is 13.3. The van der Waals surface area contributed by atoms with Crippen LogP contribution in [0.1, 0.15) is 17.0 Å². The third-order valence-electron chi connectivity index (χ3n) is 4.18. The number of nitro groups is 1. The number of nitrogens with one attached hydrogen (secondary N) is 2. The Kier molecular flexibility index (Phi) is 5.91. The number of aryl methyl sites for hydroxylation is 1. The van der Waals surface area contributed by atoms with Crippen LogP contribution in [0, 0.1) is 24.0 Å². The number of halogens is 1. The van der Waals surface area contributed by atoms with Crippen molar-refractivity contribution in [1.29, 1.82) is 0 Å². The van der Waals surface area contributed by atoms with E-state index in [0.717, 1.165) is 22.6 Å². The van der Waals surface area contributed by atoms with Gasteiger partial charge in [0.05, 0.1) is 28.5 Å². The summed E-state index contributed by atoms with van der Waals surface area (Å²) in [6, 6.07) is 13.7. The van der Waals surface area contributed by atoms with E-state index in [1.54, 1.807) is 12.1 Å². The van der Waals surface area contributed by atoms with Gasteiger partial charge in [0.1, 0.15) is 0 Å². The first kappa shape index (κ1) is 19.8. The van der Waals surface area contributed by atoms with Gasteiger partial charge >= 0.3 is 0 Å². The molecule has 28 heavy (non-hydrogen) atoms. The van der Waals surface area contributed by atoms with E-state index in [-0.39, 0.29) is 5.69 Å². The van der Waals surface area contributed by atoms with Crippen molar-refractivity contribution in [3.8, 4) is 0 Å². The molecule has 144 valence electrons. The number of hydrogen-bond donors (Lipinski definition) is 2. The lowest BCUT2D eigenvalue weighted by molar-refractivity contribution is -0.384. The van der Waals surface area contributed by atoms with Crippen molar-refractivity contribution in [3.05, 3.63) is 80.6 Å². The number of anilines is 2. The van der Waals surface area contributed by atoms with Crippen LogP contribution in [0.5, 0.6) is 0 Å². The second-order valence-electron chi connectivity index (χ2n) is 6.22. The molecule has 0 aliphatic carbocycles. The average molecular weight is 416 g/mol. The van der Waals surface area contributed by atoms with Crippen molar-refractivity contribution in [2.24, 2.45) is 0 Å². The minimum absolute atomic E-state index is 0.0263. The fraction of sp³-hybridized carbons (Fsp3) is 0.158. The fourth-order valence-electron chi connectivity index (χ4n) is 2.78. The highest BCUT2D eigenvalue weighted by Crippen LogP contribution is 2.22. The van der Waals surface area contributed by atoms with Crippen LogP contribution in [0.25, 0.3) is 0 Å². The molecule has 9 heteroatoms. The third kappa shape index (κ3) is 4.65. The summed E-state index contributed by atoms with van der Waals surface area (Å²) in [6.07, 6.45) is 0. The van der Waals surface area contributed by atoms with Gasteiger partial charge in [-0.25, -0.2) is 0 Å². The Hall–Kier alpha value is -2.97. The minimum atomic E-state index is -0.443. The lowest BCUT2D eigenvalue weighted by Crippen LogP contribution is -2.20. The molecule has 0 unspecified atom stereocenters. The Morgan fingerprint density at radius 3 is 2.57 bits per heavy atom. The first-order valence-electron chi connectivity index (χ1n) is 8.44. The largest absolute Gasteiger partial charge is 0.332 e. The number of thiocarbonyl (C=S) groups is 1. The average Bonchev–Trinajstić information content (AvgIpc) is 2.89. The molecule has 0 saturated carbocycles. The monoisotopic (exact) mass is 415 g/mol. The zero-order valence-corrected chi connectivity index (χ0v) is 16.8. The molecule has 7 nitrogen and oxygen atoms in total. The van der Waals surface area contributed by atoms with Gasteiger partial charge in [0.15, 0.2) is 5.11 Å². The topological polar surface area (TPSA) is 85.0 Å². The molecule has 0 bridgehead atoms. The van der Waals surface area contributed by atoms with Gasteiger partial charge in [0, 0.05) is 22.8 Å². The number of benzene rings is 2. The van der Waals surface area contributed by atoms with E-state index in [1.807, 2.05) is 42.8 Å². The van der Waals surface area contributed by atoms with Crippen LogP contribution >= 0.6 is 23.8 Å². The number of aromatic nitrogens is 2. The summed E-state index contributed by atoms with van der Waals surface area (Å²) in [5.41, 5.74) is 4.30. The zero-order chi connectivity index (χ0) is 20.3. The van der Waals surface area contributed by atoms with Crippen LogP contribution in [0.3, 0.4) is 0 Å². The molecule has 0 fully saturated rings. The molecule has 0 aliphatic rings. The van der Waals surface area contributed by atoms with Crippen molar-refractivity contribution >= 4 is 46.0 Å². The summed E-state index contributed by atoms with van der Waals surface area (Å²) in [4.78, 5) is 10.3. The molecule has 2 N–H and O–H groups in total. The van der Waals surface area contributed by atoms with E-state index in [1.165, 1.54) is 12.1 Å². The predicted octanol–water partition coefficient (Wildman–Crippen LogP) is 4.92. The minimum Gasteiger partial charge on any atom is -0.332 e. The Morgan fingerprint density at radius 1 is 1.21 bits per heavy atom. The van der Waals surface area contributed by atoms with Crippen LogP contribution in [0.15, 0.2) is 48.5 Å². The van der Waals surface area contributed by atoms with E-state index in [9.17, 15) is 10.1 Å². The Balaban J connectivity index is 1.70. The lowest BCUT2D eigenvalue weighted by Gasteiger charge is -2.11. The molecule has 0 atom stereocenters. The van der Waals surface area contributed by atoms with Gasteiger partial charge in [-0.05, 0) is 55.9 Å². The fourth-order valence-corrected chi connectivity index (χ4v) is 3.22. The molecule has 3 rings (SSSR count). The molecule has 1 heterocycles. The van der Waals surface area contributed by atoms with Crippen molar-refractivity contribution in [1.82, 2.24) is 9.78 Å². The van der Waals surface area contributed by atoms with Crippen molar-refractivity contribution in [3.63, 3.8) is 0 Å². The summed E-state index contributed by atoms with van der Waals surface area (Å²) in [6.45, 7) is 4.46. The van der Waals surface area contributed by atoms with Gasteiger partial charge in [-0.3, -0.25) is 14.8 Å². The number of nitrogens with zero attached hydrogens (tertiary/aromatic N) is 3. The van der Waals surface area contributed by atoms with Crippen LogP contribution in [-0.2, 0) is 6.54 Å². The van der Waals surface area contributed by atoms with E-state index in [4.69, 9.17) is 23.8 Å². The summed E-state index contributed by atoms with van der Waals surface area (Å²) in [5, 5.41) is 22.6. The Labute approximate surface area is 172 Å². The normalized spacial score (nSPS) is 10.5. The molecule has 3 aromatic rings. The van der Waals surface area contributed by atoms with Gasteiger partial charge in [-0.2, -0.15) is 5.10 Å². The Bertz CT molecular complexity index is 1030. The Morgan fingerprint density at radius 2 is 1.93 bits per heavy atom. The summed E-state index contributed by atoms with van der Waals surface area (Å²) in [5.74, 6) is 0. The standard InChI is InChI=1S/C19H18ClN5O2S/c1-12-18(13(2)24(23-12)11-14-4-3-5-15(20)10-14)22-19(28)21-16-6-8-17(9-7-16)25(26)27/h3-10H,11H2,1-2H3,(H2,21,22,28). The summed E-state index contributed by atoms with van der Waals surface area (Å²) < 4.78 is 1.89. The molecular weight excluding hydrogens is 398 g/mol. The van der Waals surface area contributed by atoms with Crippen molar-refractivity contribution in [2.45, 2.75) is 20.4 Å². The zero-order valence-electron chi connectivity index (χ0n) is 15.3. The third-order valence-corrected chi connectivity index (χ3v) is 4.62. The smallest absolute Gasteiger partial charge is 0.269 e. The van der Waals surface area contributed by atoms with Crippen molar-refractivity contribution < 1.29 is 4.92 Å². The molecule has 0 spiro atoms. The SMILES string of the molecule is Cc1nn(Cc2cccc(Cl)c2)c(C)c1NC(=S)Nc1ccc([N+](=O)[O-])cc1. The van der Waals surface area contributed by atoms with E-state index >= 15 is 0 Å². The first-order valence-corrected chi connectivity index (χ1v) is 9.23. The van der Waals surface area contributed by atoms with Gasteiger partial charge in [0.25, 0.3) is 5.69 Å². The van der Waals surface area contributed by atoms with E-state index in [2.05, 4.69) is 15.7 Å². The molecular formula is C19H18ClN5O2S. The molecule has 1 aromatic heterocycles. The van der Waals surface area contributed by atoms with Crippen LogP contribution < -0.4 is 10.6 Å². The second-order valence-corrected chi connectivity index (χ2v) is 7.06. The maximum atomic E-state index is 10.7. The number of hydrogen-bond acceptors (Lipinski definition) is 4. The molecule has 0 amide bonds. The maximum absolute atomic E-state index is 10.7. The predicted molar refractivity (Wildman–Crippen MR) is 115 cm³/mol. The van der Waals surface area contributed by atoms with Gasteiger partial charge < -0.3 is 10.6 Å². The quantitative estimate of drug-likeness (QED) is 0.349. The molecule has 2 aromatic carbocycles. The number of nitro benzene ring substituents is 1. The van der Waals surface area contributed by atoms with Crippen LogP contribution in [0.2, 0.25) is 5.02 Å². The lowest BCUT2D eigenvalue weighted by atomic mass is 10.2. The van der Waals surface area contributed by atoms with Crippen LogP contribution in [-0.4, -0.2) is 19.8 Å². The number of rotatable bonds is 5. The van der Waals surface area contributed by atoms with Crippen molar-refractivity contribution in [2.75, 3.05) is 10.6 Å². The van der Waals surface area contributed by atoms with Gasteiger partial charge in [-0.15, -0.1) is 0 Å². The summed E-state index contributed by atoms with van der Waals surface area (Å²) in [7, 11) is 0. The number of non-ortho nitro benzene ring substituents is 1. The molecule has 0 aliphatic heterocycles. The maximum Gasteiger partial charge on any atom is 0.269 e. The molecule has 0 saturated heterocycles. The molecule has 0 radical (unpaired) electrons. The van der Waals surface area contributed by atoms with Crippen LogP contribution in [0.4, 0.5) is 17.1 Å². The summed E-state index contributed by atoms with van der Waals surface area (Å²) >= 11 is 11.4. The highest BCUT2D eigenvalue weighted by Gasteiger charge is 2.13. The van der Waals surface area contributed by atoms with E-state index < -0.39 is 4.92 Å². The van der Waals surface area contributed by atoms with Gasteiger partial charge in [0.2, 0.25) is 0 Å². The highest BCUT2D eigenvalue weighted by molar-refractivity contribution is 7.80. The van der Waals surface area contributed by atoms with Gasteiger partial charge in [-0.1, -0.05) is 23.7 Å². The van der Waals surface area contributed by atoms with E-state index in [0.29, 0.717) is 22.4 Å². The second kappa shape index (κ2) is 8.37. The highest BCUT2D eigenvalue weighted by atomic mass is 35.5.